The first-order valence-electron chi connectivity index (χ1n) is 2.97. The van der Waals surface area contributed by atoms with Crippen LogP contribution in [-0.4, -0.2) is 6.21 Å². The zero-order valence-corrected chi connectivity index (χ0v) is 6.15. The van der Waals surface area contributed by atoms with Crippen LogP contribution in [-0.2, 0) is 0 Å². The molecule has 5 N–H and O–H groups in total. The van der Waals surface area contributed by atoms with E-state index in [1.165, 1.54) is 6.21 Å². The van der Waals surface area contributed by atoms with E-state index in [0.29, 0.717) is 17.8 Å². The molecule has 0 spiro atoms. The summed E-state index contributed by atoms with van der Waals surface area (Å²) in [7, 11) is 0. The van der Waals surface area contributed by atoms with E-state index in [1.807, 2.05) is 0 Å². The summed E-state index contributed by atoms with van der Waals surface area (Å²) >= 11 is 0. The number of hydrogen-bond donors (Lipinski definition) is 3. The first-order valence-corrected chi connectivity index (χ1v) is 2.97. The van der Waals surface area contributed by atoms with Crippen molar-refractivity contribution in [3.05, 3.63) is 23.5 Å². The SMILES string of the molecule is C=C(N)C/C(C=N)=C(\C)N. The fraction of sp³-hybridized carbons (Fsp3) is 0.286. The largest absolute Gasteiger partial charge is 0.402 e. The molecule has 0 aromatic rings. The van der Waals surface area contributed by atoms with E-state index in [1.54, 1.807) is 6.92 Å². The number of hydrogen-bond acceptors (Lipinski definition) is 3. The Morgan fingerprint density at radius 2 is 2.10 bits per heavy atom. The van der Waals surface area contributed by atoms with Gasteiger partial charge in [0.05, 0.1) is 0 Å². The fourth-order valence-electron chi connectivity index (χ4n) is 0.549. The maximum atomic E-state index is 6.92. The van der Waals surface area contributed by atoms with Crippen molar-refractivity contribution in [3.63, 3.8) is 0 Å². The van der Waals surface area contributed by atoms with Gasteiger partial charge in [0.25, 0.3) is 0 Å². The molecule has 0 fully saturated rings. The second-order valence-electron chi connectivity index (χ2n) is 2.19. The molecule has 3 heteroatoms. The highest BCUT2D eigenvalue weighted by atomic mass is 14.6. The molecular formula is C7H13N3. The average Bonchev–Trinajstić information content (AvgIpc) is 1.81. The molecule has 0 aromatic carbocycles. The van der Waals surface area contributed by atoms with E-state index < -0.39 is 0 Å². The number of rotatable bonds is 3. The highest BCUT2D eigenvalue weighted by Crippen LogP contribution is 2.04. The van der Waals surface area contributed by atoms with Crippen LogP contribution in [0.1, 0.15) is 13.3 Å². The van der Waals surface area contributed by atoms with Crippen LogP contribution < -0.4 is 11.5 Å². The molecule has 0 aromatic heterocycles. The van der Waals surface area contributed by atoms with E-state index in [0.717, 1.165) is 5.57 Å². The Hall–Kier alpha value is -1.25. The van der Waals surface area contributed by atoms with Crippen molar-refractivity contribution in [2.45, 2.75) is 13.3 Å². The van der Waals surface area contributed by atoms with E-state index >= 15 is 0 Å². The second-order valence-corrected chi connectivity index (χ2v) is 2.19. The minimum absolute atomic E-state index is 0.492. The standard InChI is InChI=1S/C7H13N3/c1-5(9)3-7(4-8)6(2)10/h4,8H,1,3,9-10H2,2H3/b7-6-,8-4?. The first kappa shape index (κ1) is 8.75. The van der Waals surface area contributed by atoms with Crippen LogP contribution in [0.25, 0.3) is 0 Å². The predicted molar refractivity (Wildman–Crippen MR) is 43.6 cm³/mol. The molecule has 0 aliphatic carbocycles. The summed E-state index contributed by atoms with van der Waals surface area (Å²) in [5.41, 5.74) is 12.6. The molecule has 0 heterocycles. The minimum atomic E-state index is 0.492. The van der Waals surface area contributed by atoms with E-state index in [4.69, 9.17) is 16.9 Å². The normalized spacial score (nSPS) is 12.1. The van der Waals surface area contributed by atoms with Gasteiger partial charge < -0.3 is 16.9 Å². The molecule has 0 saturated heterocycles. The Bertz CT molecular complexity index is 175. The molecule has 0 unspecified atom stereocenters. The Kier molecular flexibility index (Phi) is 3.25. The van der Waals surface area contributed by atoms with Gasteiger partial charge in [-0.3, -0.25) is 0 Å². The first-order chi connectivity index (χ1) is 4.57. The summed E-state index contributed by atoms with van der Waals surface area (Å²) in [6.45, 7) is 5.25. The zero-order chi connectivity index (χ0) is 8.15. The molecule has 0 rings (SSSR count). The summed E-state index contributed by atoms with van der Waals surface area (Å²) in [5.74, 6) is 0. The van der Waals surface area contributed by atoms with Gasteiger partial charge in [0.15, 0.2) is 0 Å². The van der Waals surface area contributed by atoms with Crippen molar-refractivity contribution >= 4 is 6.21 Å². The van der Waals surface area contributed by atoms with Crippen LogP contribution >= 0.6 is 0 Å². The minimum Gasteiger partial charge on any atom is -0.402 e. The third-order valence-electron chi connectivity index (χ3n) is 1.10. The summed E-state index contributed by atoms with van der Waals surface area (Å²) in [6, 6.07) is 0. The van der Waals surface area contributed by atoms with Gasteiger partial charge in [-0.2, -0.15) is 0 Å². The van der Waals surface area contributed by atoms with Crippen LogP contribution in [0.4, 0.5) is 0 Å². The van der Waals surface area contributed by atoms with Gasteiger partial charge in [0, 0.05) is 24.0 Å². The summed E-state index contributed by atoms with van der Waals surface area (Å²) < 4.78 is 0. The van der Waals surface area contributed by atoms with Gasteiger partial charge in [-0.15, -0.1) is 0 Å². The van der Waals surface area contributed by atoms with Gasteiger partial charge in [0.2, 0.25) is 0 Å². The Labute approximate surface area is 60.9 Å². The number of nitrogens with two attached hydrogens (primary N) is 2. The number of allylic oxidation sites excluding steroid dienone is 2. The summed E-state index contributed by atoms with van der Waals surface area (Å²) in [6.07, 6.45) is 1.69. The maximum absolute atomic E-state index is 6.92. The summed E-state index contributed by atoms with van der Waals surface area (Å²) in [5, 5.41) is 6.92. The van der Waals surface area contributed by atoms with Gasteiger partial charge in [-0.1, -0.05) is 6.58 Å². The van der Waals surface area contributed by atoms with Crippen LogP contribution in [0.5, 0.6) is 0 Å². The zero-order valence-electron chi connectivity index (χ0n) is 6.15. The fourth-order valence-corrected chi connectivity index (χ4v) is 0.549. The molecule has 0 aliphatic rings. The molecule has 0 saturated carbocycles. The van der Waals surface area contributed by atoms with Gasteiger partial charge >= 0.3 is 0 Å². The maximum Gasteiger partial charge on any atom is 0.0230 e. The molecule has 3 nitrogen and oxygen atoms in total. The van der Waals surface area contributed by atoms with Crippen molar-refractivity contribution in [1.82, 2.24) is 0 Å². The quantitative estimate of drug-likeness (QED) is 0.504. The van der Waals surface area contributed by atoms with E-state index in [9.17, 15) is 0 Å². The predicted octanol–water partition coefficient (Wildman–Crippen LogP) is 0.731. The molecule has 56 valence electrons. The van der Waals surface area contributed by atoms with Crippen LogP contribution in [0.3, 0.4) is 0 Å². The van der Waals surface area contributed by atoms with Crippen LogP contribution in [0.15, 0.2) is 23.5 Å². The van der Waals surface area contributed by atoms with Crippen molar-refractivity contribution in [1.29, 1.82) is 5.41 Å². The van der Waals surface area contributed by atoms with E-state index in [-0.39, 0.29) is 0 Å². The van der Waals surface area contributed by atoms with Gasteiger partial charge in [-0.05, 0) is 12.5 Å². The van der Waals surface area contributed by atoms with Gasteiger partial charge in [0.1, 0.15) is 0 Å². The van der Waals surface area contributed by atoms with Crippen molar-refractivity contribution in [3.8, 4) is 0 Å². The topological polar surface area (TPSA) is 75.9 Å². The molecule has 0 amide bonds. The summed E-state index contributed by atoms with van der Waals surface area (Å²) in [4.78, 5) is 0. The average molecular weight is 139 g/mol. The molecule has 10 heavy (non-hydrogen) atoms. The van der Waals surface area contributed by atoms with Crippen molar-refractivity contribution in [2.24, 2.45) is 11.5 Å². The monoisotopic (exact) mass is 139 g/mol. The number of nitrogens with one attached hydrogen (secondary N) is 1. The lowest BCUT2D eigenvalue weighted by atomic mass is 10.1. The molecule has 0 radical (unpaired) electrons. The second kappa shape index (κ2) is 3.71. The Morgan fingerprint density at radius 3 is 2.20 bits per heavy atom. The van der Waals surface area contributed by atoms with Crippen molar-refractivity contribution in [2.75, 3.05) is 0 Å². The van der Waals surface area contributed by atoms with Crippen LogP contribution in [0.2, 0.25) is 0 Å². The highest BCUT2D eigenvalue weighted by molar-refractivity contribution is 5.77. The Balaban J connectivity index is 4.25. The van der Waals surface area contributed by atoms with Gasteiger partial charge in [-0.25, -0.2) is 0 Å². The lowest BCUT2D eigenvalue weighted by molar-refractivity contribution is 1.10. The molecular weight excluding hydrogens is 126 g/mol. The third kappa shape index (κ3) is 2.91. The van der Waals surface area contributed by atoms with Crippen LogP contribution in [0, 0.1) is 5.41 Å². The van der Waals surface area contributed by atoms with Crippen molar-refractivity contribution < 1.29 is 0 Å². The van der Waals surface area contributed by atoms with E-state index in [2.05, 4.69) is 6.58 Å². The smallest absolute Gasteiger partial charge is 0.0230 e. The lowest BCUT2D eigenvalue weighted by Gasteiger charge is -2.01. The highest BCUT2D eigenvalue weighted by Gasteiger charge is 1.95. The molecule has 0 bridgehead atoms. The third-order valence-corrected chi connectivity index (χ3v) is 1.10. The molecule has 0 aliphatic heterocycles. The molecule has 0 atom stereocenters. The lowest BCUT2D eigenvalue weighted by Crippen LogP contribution is -2.03. The Morgan fingerprint density at radius 1 is 1.60 bits per heavy atom.